The van der Waals surface area contributed by atoms with Crippen LogP contribution in [-0.2, 0) is 10.2 Å². The maximum absolute atomic E-state index is 11.4. The number of carboxylic acid groups (broad SMARTS) is 1. The highest BCUT2D eigenvalue weighted by atomic mass is 79.9. The van der Waals surface area contributed by atoms with Gasteiger partial charge in [0, 0.05) is 4.47 Å². The Morgan fingerprint density at radius 2 is 2.06 bits per heavy atom. The zero-order valence-electron chi connectivity index (χ0n) is 10.2. The molecule has 0 aromatic heterocycles. The van der Waals surface area contributed by atoms with E-state index in [9.17, 15) is 9.90 Å². The summed E-state index contributed by atoms with van der Waals surface area (Å²) in [6.07, 6.45) is 2.53. The van der Waals surface area contributed by atoms with Crippen LogP contribution >= 0.6 is 15.9 Å². The van der Waals surface area contributed by atoms with Gasteiger partial charge in [-0.25, -0.2) is 0 Å². The monoisotopic (exact) mass is 296 g/mol. The Morgan fingerprint density at radius 1 is 1.41 bits per heavy atom. The number of benzene rings is 1. The van der Waals surface area contributed by atoms with Crippen LogP contribution in [-0.4, -0.2) is 11.1 Å². The predicted octanol–water partition coefficient (Wildman–Crippen LogP) is 4.08. The van der Waals surface area contributed by atoms with E-state index in [0.717, 1.165) is 29.3 Å². The van der Waals surface area contributed by atoms with Crippen LogP contribution in [0.4, 0.5) is 0 Å². The molecule has 17 heavy (non-hydrogen) atoms. The van der Waals surface area contributed by atoms with Gasteiger partial charge in [-0.05, 0) is 36.0 Å². The first kappa shape index (κ1) is 12.6. The summed E-state index contributed by atoms with van der Waals surface area (Å²) in [5.74, 6) is -0.242. The third kappa shape index (κ3) is 2.01. The number of hydrogen-bond donors (Lipinski definition) is 1. The molecule has 1 saturated carbocycles. The molecule has 0 saturated heterocycles. The van der Waals surface area contributed by atoms with E-state index in [-0.39, 0.29) is 0 Å². The Morgan fingerprint density at radius 3 is 2.41 bits per heavy atom. The minimum Gasteiger partial charge on any atom is -0.481 e. The normalized spacial score (nSPS) is 17.9. The third-order valence-corrected chi connectivity index (χ3v) is 4.48. The van der Waals surface area contributed by atoms with E-state index in [4.69, 9.17) is 0 Å². The van der Waals surface area contributed by atoms with Crippen molar-refractivity contribution in [1.82, 2.24) is 0 Å². The Kier molecular flexibility index (Phi) is 3.30. The molecule has 0 amide bonds. The largest absolute Gasteiger partial charge is 0.481 e. The molecule has 2 nitrogen and oxygen atoms in total. The Bertz CT molecular complexity index is 448. The summed E-state index contributed by atoms with van der Waals surface area (Å²) >= 11 is 3.55. The molecule has 0 heterocycles. The molecule has 0 spiro atoms. The van der Waals surface area contributed by atoms with Gasteiger partial charge in [-0.15, -0.1) is 0 Å². The lowest BCUT2D eigenvalue weighted by molar-refractivity contribution is -0.147. The van der Waals surface area contributed by atoms with E-state index in [0.29, 0.717) is 5.92 Å². The lowest BCUT2D eigenvalue weighted by Gasteiger charge is -2.38. The van der Waals surface area contributed by atoms with Gasteiger partial charge in [0.1, 0.15) is 0 Å². The van der Waals surface area contributed by atoms with Gasteiger partial charge in [0.15, 0.2) is 0 Å². The summed E-state index contributed by atoms with van der Waals surface area (Å²) in [6.45, 7) is 4.27. The molecular formula is C14H17BrO2. The summed E-state index contributed by atoms with van der Waals surface area (Å²) < 4.78 is 1.03. The number of aliphatic carboxylic acids is 1. The van der Waals surface area contributed by atoms with Crippen molar-refractivity contribution in [1.29, 1.82) is 0 Å². The smallest absolute Gasteiger partial charge is 0.314 e. The van der Waals surface area contributed by atoms with Crippen molar-refractivity contribution >= 4 is 21.9 Å². The highest BCUT2D eigenvalue weighted by Crippen LogP contribution is 2.45. The maximum atomic E-state index is 11.4. The van der Waals surface area contributed by atoms with Gasteiger partial charge < -0.3 is 5.11 Å². The highest BCUT2D eigenvalue weighted by Gasteiger charge is 2.46. The van der Waals surface area contributed by atoms with Crippen molar-refractivity contribution in [3.8, 4) is 0 Å². The van der Waals surface area contributed by atoms with Crippen molar-refractivity contribution in [2.24, 2.45) is 0 Å². The second kappa shape index (κ2) is 4.45. The first-order valence-corrected chi connectivity index (χ1v) is 6.80. The van der Waals surface area contributed by atoms with Crippen LogP contribution in [0.3, 0.4) is 0 Å². The van der Waals surface area contributed by atoms with Crippen molar-refractivity contribution in [2.75, 3.05) is 0 Å². The summed E-state index contributed by atoms with van der Waals surface area (Å²) in [5.41, 5.74) is 1.54. The number of carboxylic acids is 1. The Hall–Kier alpha value is -0.830. The van der Waals surface area contributed by atoms with Crippen LogP contribution in [0.25, 0.3) is 0 Å². The van der Waals surface area contributed by atoms with Gasteiger partial charge in [-0.3, -0.25) is 4.79 Å². The zero-order chi connectivity index (χ0) is 12.6. The first-order valence-electron chi connectivity index (χ1n) is 6.01. The third-order valence-electron chi connectivity index (χ3n) is 3.79. The van der Waals surface area contributed by atoms with Gasteiger partial charge in [-0.2, -0.15) is 0 Å². The molecule has 0 radical (unpaired) electrons. The van der Waals surface area contributed by atoms with Crippen LogP contribution in [0, 0.1) is 0 Å². The average Bonchev–Trinajstić information content (AvgIpc) is 2.14. The minimum atomic E-state index is -0.687. The SMILES string of the molecule is CC(C)c1ccc(C2(C(=O)O)CCC2)cc1Br. The fourth-order valence-corrected chi connectivity index (χ4v) is 3.29. The van der Waals surface area contributed by atoms with Crippen molar-refractivity contribution in [3.63, 3.8) is 0 Å². The van der Waals surface area contributed by atoms with Crippen molar-refractivity contribution in [2.45, 2.75) is 44.4 Å². The quantitative estimate of drug-likeness (QED) is 0.912. The molecule has 1 aromatic carbocycles. The molecule has 1 aromatic rings. The van der Waals surface area contributed by atoms with E-state index >= 15 is 0 Å². The molecule has 1 N–H and O–H groups in total. The van der Waals surface area contributed by atoms with Crippen LogP contribution < -0.4 is 0 Å². The molecule has 1 aliphatic rings. The molecule has 0 atom stereocenters. The Labute approximate surface area is 110 Å². The lowest BCUT2D eigenvalue weighted by atomic mass is 9.64. The summed E-state index contributed by atoms with van der Waals surface area (Å²) in [7, 11) is 0. The second-order valence-corrected chi connectivity index (χ2v) is 5.99. The van der Waals surface area contributed by atoms with Gasteiger partial charge in [-0.1, -0.05) is 48.3 Å². The molecule has 3 heteroatoms. The van der Waals surface area contributed by atoms with Gasteiger partial charge in [0.2, 0.25) is 0 Å². The molecule has 2 rings (SSSR count). The number of halogens is 1. The summed E-state index contributed by atoms with van der Waals surface area (Å²) in [6, 6.07) is 6.02. The molecule has 92 valence electrons. The fraction of sp³-hybridized carbons (Fsp3) is 0.500. The molecule has 0 unspecified atom stereocenters. The molecular weight excluding hydrogens is 280 g/mol. The standard InChI is InChI=1S/C14H17BrO2/c1-9(2)11-5-4-10(8-12(11)15)14(13(16)17)6-3-7-14/h4-5,8-9H,3,6-7H2,1-2H3,(H,16,17). The molecule has 1 fully saturated rings. The minimum absolute atomic E-state index is 0.445. The first-order chi connectivity index (χ1) is 7.97. The van der Waals surface area contributed by atoms with Gasteiger partial charge in [0.05, 0.1) is 5.41 Å². The maximum Gasteiger partial charge on any atom is 0.314 e. The average molecular weight is 297 g/mol. The molecule has 0 aliphatic heterocycles. The van der Waals surface area contributed by atoms with Crippen molar-refractivity contribution in [3.05, 3.63) is 33.8 Å². The van der Waals surface area contributed by atoms with E-state index < -0.39 is 11.4 Å². The Balaban J connectivity index is 2.41. The van der Waals surface area contributed by atoms with E-state index in [1.807, 2.05) is 18.2 Å². The highest BCUT2D eigenvalue weighted by molar-refractivity contribution is 9.10. The van der Waals surface area contributed by atoms with Crippen molar-refractivity contribution < 1.29 is 9.90 Å². The number of hydrogen-bond acceptors (Lipinski definition) is 1. The van der Waals surface area contributed by atoms with Crippen LogP contribution in [0.5, 0.6) is 0 Å². The molecule has 0 bridgehead atoms. The van der Waals surface area contributed by atoms with Gasteiger partial charge in [0.25, 0.3) is 0 Å². The van der Waals surface area contributed by atoms with Crippen LogP contribution in [0.1, 0.15) is 50.2 Å². The van der Waals surface area contributed by atoms with E-state index in [1.165, 1.54) is 5.56 Å². The predicted molar refractivity (Wildman–Crippen MR) is 71.4 cm³/mol. The van der Waals surface area contributed by atoms with E-state index in [1.54, 1.807) is 0 Å². The number of rotatable bonds is 3. The zero-order valence-corrected chi connectivity index (χ0v) is 11.8. The lowest BCUT2D eigenvalue weighted by Crippen LogP contribution is -2.42. The summed E-state index contributed by atoms with van der Waals surface area (Å²) in [5, 5.41) is 9.39. The van der Waals surface area contributed by atoms with Crippen LogP contribution in [0.2, 0.25) is 0 Å². The van der Waals surface area contributed by atoms with Crippen LogP contribution in [0.15, 0.2) is 22.7 Å². The second-order valence-electron chi connectivity index (χ2n) is 5.13. The fourth-order valence-electron chi connectivity index (χ4n) is 2.45. The topological polar surface area (TPSA) is 37.3 Å². The summed E-state index contributed by atoms with van der Waals surface area (Å²) in [4.78, 5) is 11.4. The van der Waals surface area contributed by atoms with E-state index in [2.05, 4.69) is 29.8 Å². The molecule has 1 aliphatic carbocycles. The van der Waals surface area contributed by atoms with Gasteiger partial charge >= 0.3 is 5.97 Å². The number of carbonyl (C=O) groups is 1.